The van der Waals surface area contributed by atoms with Gasteiger partial charge in [0.2, 0.25) is 0 Å². The van der Waals surface area contributed by atoms with Gasteiger partial charge < -0.3 is 0 Å². The summed E-state index contributed by atoms with van der Waals surface area (Å²) in [5, 5.41) is 10.1. The second kappa shape index (κ2) is 6.98. The summed E-state index contributed by atoms with van der Waals surface area (Å²) >= 11 is 12.5. The van der Waals surface area contributed by atoms with Crippen molar-refractivity contribution in [1.29, 1.82) is 0 Å². The smallest absolute Gasteiger partial charge is 0.267 e. The number of hydrogen-bond acceptors (Lipinski definition) is 4. The SMILES string of the molecule is Cc1nn(-c2cccc(Cl)c2)c(Cl)c1/C=N/n1cnc2ccccc2c1=O. The number of para-hydroxylation sites is 1. The Hall–Kier alpha value is -2.96. The Morgan fingerprint density at radius 3 is 2.74 bits per heavy atom. The lowest BCUT2D eigenvalue weighted by molar-refractivity contribution is 0.817. The molecular formula is C19H13Cl2N5O. The van der Waals surface area contributed by atoms with Crippen molar-refractivity contribution < 1.29 is 0 Å². The fourth-order valence-electron chi connectivity index (χ4n) is 2.70. The number of aryl methyl sites for hydroxylation is 1. The summed E-state index contributed by atoms with van der Waals surface area (Å²) in [5.74, 6) is 0. The van der Waals surface area contributed by atoms with E-state index in [9.17, 15) is 4.79 Å². The van der Waals surface area contributed by atoms with Crippen molar-refractivity contribution in [3.63, 3.8) is 0 Å². The molecule has 0 aliphatic carbocycles. The van der Waals surface area contributed by atoms with Crippen molar-refractivity contribution >= 4 is 40.3 Å². The van der Waals surface area contributed by atoms with Crippen LogP contribution < -0.4 is 5.56 Å². The molecule has 0 bridgehead atoms. The van der Waals surface area contributed by atoms with Crippen LogP contribution in [-0.4, -0.2) is 25.7 Å². The first-order chi connectivity index (χ1) is 13.0. The van der Waals surface area contributed by atoms with Crippen molar-refractivity contribution in [2.75, 3.05) is 0 Å². The van der Waals surface area contributed by atoms with Gasteiger partial charge in [0.25, 0.3) is 5.56 Å². The second-order valence-corrected chi connectivity index (χ2v) is 6.63. The zero-order valence-corrected chi connectivity index (χ0v) is 15.7. The molecule has 0 radical (unpaired) electrons. The topological polar surface area (TPSA) is 65.1 Å². The minimum absolute atomic E-state index is 0.257. The summed E-state index contributed by atoms with van der Waals surface area (Å²) in [6, 6.07) is 14.3. The van der Waals surface area contributed by atoms with Crippen LogP contribution >= 0.6 is 23.2 Å². The monoisotopic (exact) mass is 397 g/mol. The highest BCUT2D eigenvalue weighted by Crippen LogP contribution is 2.23. The van der Waals surface area contributed by atoms with Gasteiger partial charge in [0.05, 0.1) is 34.1 Å². The summed E-state index contributed by atoms with van der Waals surface area (Å²) in [4.78, 5) is 16.8. The molecule has 0 amide bonds. The van der Waals surface area contributed by atoms with Crippen LogP contribution in [0.1, 0.15) is 11.3 Å². The normalized spacial score (nSPS) is 11.5. The van der Waals surface area contributed by atoms with Gasteiger partial charge in [-0.15, -0.1) is 0 Å². The Balaban J connectivity index is 1.75. The summed E-state index contributed by atoms with van der Waals surface area (Å²) < 4.78 is 2.75. The van der Waals surface area contributed by atoms with E-state index in [0.717, 1.165) is 5.69 Å². The van der Waals surface area contributed by atoms with Crippen LogP contribution in [0.2, 0.25) is 10.2 Å². The van der Waals surface area contributed by atoms with E-state index in [0.29, 0.717) is 32.3 Å². The van der Waals surface area contributed by atoms with Crippen molar-refractivity contribution in [2.24, 2.45) is 5.10 Å². The van der Waals surface area contributed by atoms with Crippen LogP contribution in [0.5, 0.6) is 0 Å². The number of hydrogen-bond donors (Lipinski definition) is 0. The van der Waals surface area contributed by atoms with Gasteiger partial charge in [-0.05, 0) is 37.3 Å². The third kappa shape index (κ3) is 3.25. The molecule has 0 aliphatic rings. The molecule has 0 saturated heterocycles. The fourth-order valence-corrected chi connectivity index (χ4v) is 3.20. The molecule has 134 valence electrons. The third-order valence-corrected chi connectivity index (χ3v) is 4.66. The van der Waals surface area contributed by atoms with Crippen LogP contribution in [0.25, 0.3) is 16.6 Å². The van der Waals surface area contributed by atoms with Gasteiger partial charge in [-0.3, -0.25) is 4.79 Å². The lowest BCUT2D eigenvalue weighted by Crippen LogP contribution is -2.17. The Morgan fingerprint density at radius 2 is 1.93 bits per heavy atom. The Kier molecular flexibility index (Phi) is 4.51. The molecule has 0 unspecified atom stereocenters. The summed E-state index contributed by atoms with van der Waals surface area (Å²) in [7, 11) is 0. The van der Waals surface area contributed by atoms with Gasteiger partial charge in [-0.2, -0.15) is 14.9 Å². The Bertz CT molecular complexity index is 1240. The molecule has 4 rings (SSSR count). The lowest BCUT2D eigenvalue weighted by Gasteiger charge is -2.03. The van der Waals surface area contributed by atoms with E-state index in [1.807, 2.05) is 25.1 Å². The molecule has 2 aromatic carbocycles. The van der Waals surface area contributed by atoms with Gasteiger partial charge in [0.15, 0.2) is 0 Å². The van der Waals surface area contributed by atoms with Crippen LogP contribution in [0, 0.1) is 6.92 Å². The largest absolute Gasteiger partial charge is 0.281 e. The number of benzene rings is 2. The van der Waals surface area contributed by atoms with E-state index in [2.05, 4.69) is 15.2 Å². The predicted molar refractivity (Wildman–Crippen MR) is 107 cm³/mol. The van der Waals surface area contributed by atoms with Gasteiger partial charge in [0, 0.05) is 5.02 Å². The number of rotatable bonds is 3. The molecule has 0 fully saturated rings. The second-order valence-electron chi connectivity index (χ2n) is 5.84. The molecule has 0 atom stereocenters. The van der Waals surface area contributed by atoms with Gasteiger partial charge in [-0.1, -0.05) is 41.4 Å². The third-order valence-electron chi connectivity index (χ3n) is 4.06. The van der Waals surface area contributed by atoms with Crippen LogP contribution in [0.15, 0.2) is 64.8 Å². The van der Waals surface area contributed by atoms with E-state index in [4.69, 9.17) is 23.2 Å². The van der Waals surface area contributed by atoms with Crippen LogP contribution in [0.3, 0.4) is 0 Å². The zero-order chi connectivity index (χ0) is 19.0. The molecule has 2 heterocycles. The van der Waals surface area contributed by atoms with E-state index >= 15 is 0 Å². The molecule has 6 nitrogen and oxygen atoms in total. The molecular weight excluding hydrogens is 385 g/mol. The van der Waals surface area contributed by atoms with E-state index in [-0.39, 0.29) is 5.56 Å². The maximum atomic E-state index is 12.5. The van der Waals surface area contributed by atoms with E-state index in [1.54, 1.807) is 35.0 Å². The minimum Gasteiger partial charge on any atom is -0.267 e. The van der Waals surface area contributed by atoms with Crippen molar-refractivity contribution in [1.82, 2.24) is 19.4 Å². The minimum atomic E-state index is -0.257. The van der Waals surface area contributed by atoms with Gasteiger partial charge in [0.1, 0.15) is 11.5 Å². The average molecular weight is 398 g/mol. The molecule has 4 aromatic rings. The Labute approximate surface area is 164 Å². The van der Waals surface area contributed by atoms with E-state index in [1.165, 1.54) is 17.2 Å². The lowest BCUT2D eigenvalue weighted by atomic mass is 10.2. The Morgan fingerprint density at radius 1 is 1.11 bits per heavy atom. The predicted octanol–water partition coefficient (Wildman–Crippen LogP) is 4.08. The highest BCUT2D eigenvalue weighted by atomic mass is 35.5. The quantitative estimate of drug-likeness (QED) is 0.489. The summed E-state index contributed by atoms with van der Waals surface area (Å²) in [6.45, 7) is 1.82. The molecule has 0 saturated carbocycles. The van der Waals surface area contributed by atoms with Crippen molar-refractivity contribution in [3.8, 4) is 5.69 Å². The molecule has 8 heteroatoms. The zero-order valence-electron chi connectivity index (χ0n) is 14.2. The van der Waals surface area contributed by atoms with Gasteiger partial charge in [-0.25, -0.2) is 9.67 Å². The highest BCUT2D eigenvalue weighted by Gasteiger charge is 2.13. The summed E-state index contributed by atoms with van der Waals surface area (Å²) in [6.07, 6.45) is 2.88. The first-order valence-electron chi connectivity index (χ1n) is 8.06. The fraction of sp³-hybridized carbons (Fsp3) is 0.0526. The van der Waals surface area contributed by atoms with E-state index < -0.39 is 0 Å². The highest BCUT2D eigenvalue weighted by molar-refractivity contribution is 6.32. The van der Waals surface area contributed by atoms with Crippen LogP contribution in [0.4, 0.5) is 0 Å². The standard InChI is InChI=1S/C19H13Cl2N5O/c1-12-16(18(21)26(24-12)14-6-4-5-13(20)9-14)10-23-25-11-22-17-8-3-2-7-15(17)19(25)27/h2-11H,1H3/b23-10+. The number of halogens is 2. The van der Waals surface area contributed by atoms with Crippen LogP contribution in [-0.2, 0) is 0 Å². The molecule has 0 spiro atoms. The summed E-state index contributed by atoms with van der Waals surface area (Å²) in [5.41, 5.74) is 2.38. The number of fused-ring (bicyclic) bond motifs is 1. The average Bonchev–Trinajstić information content (AvgIpc) is 2.95. The van der Waals surface area contributed by atoms with Gasteiger partial charge >= 0.3 is 0 Å². The van der Waals surface area contributed by atoms with Crippen molar-refractivity contribution in [2.45, 2.75) is 6.92 Å². The number of aromatic nitrogens is 4. The number of nitrogens with zero attached hydrogens (tertiary/aromatic N) is 5. The first kappa shape index (κ1) is 17.5. The molecule has 2 aromatic heterocycles. The maximum Gasteiger partial charge on any atom is 0.281 e. The maximum absolute atomic E-state index is 12.5. The first-order valence-corrected chi connectivity index (χ1v) is 8.82. The molecule has 27 heavy (non-hydrogen) atoms. The molecule has 0 aliphatic heterocycles. The van der Waals surface area contributed by atoms with Crippen molar-refractivity contribution in [3.05, 3.63) is 86.6 Å². The molecule has 0 N–H and O–H groups in total.